The van der Waals surface area contributed by atoms with Crippen LogP contribution in [-0.4, -0.2) is 26.0 Å². The van der Waals surface area contributed by atoms with Gasteiger partial charge in [0.25, 0.3) is 0 Å². The molecule has 1 unspecified atom stereocenters. The van der Waals surface area contributed by atoms with Crippen LogP contribution in [-0.2, 0) is 9.84 Å². The highest BCUT2D eigenvalue weighted by molar-refractivity contribution is 7.91. The molecule has 1 aliphatic heterocycles. The third-order valence-corrected chi connectivity index (χ3v) is 5.17. The fraction of sp³-hybridized carbons (Fsp3) is 0.400. The molecule has 2 rings (SSSR count). The number of hydrogen-bond donors (Lipinski definition) is 2. The van der Waals surface area contributed by atoms with Crippen molar-refractivity contribution >= 4 is 44.4 Å². The maximum Gasteiger partial charge on any atom is 0.152 e. The lowest BCUT2D eigenvalue weighted by Gasteiger charge is -2.15. The lowest BCUT2D eigenvalue weighted by atomic mass is 10.2. The minimum Gasteiger partial charge on any atom is -0.397 e. The molecule has 94 valence electrons. The lowest BCUT2D eigenvalue weighted by molar-refractivity contribution is 0.602. The van der Waals surface area contributed by atoms with Crippen LogP contribution in [0.15, 0.2) is 12.1 Å². The Morgan fingerprint density at radius 3 is 2.53 bits per heavy atom. The molecular weight excluding hydrogens is 283 g/mol. The molecule has 3 N–H and O–H groups in total. The van der Waals surface area contributed by atoms with Crippen LogP contribution in [0.1, 0.15) is 6.42 Å². The van der Waals surface area contributed by atoms with Gasteiger partial charge in [-0.3, -0.25) is 0 Å². The van der Waals surface area contributed by atoms with E-state index in [1.165, 1.54) is 0 Å². The predicted molar refractivity (Wildman–Crippen MR) is 71.6 cm³/mol. The zero-order valence-corrected chi connectivity index (χ0v) is 11.2. The van der Waals surface area contributed by atoms with Gasteiger partial charge in [-0.1, -0.05) is 23.2 Å². The molecule has 1 aromatic rings. The van der Waals surface area contributed by atoms with E-state index in [0.29, 0.717) is 27.8 Å². The highest BCUT2D eigenvalue weighted by Gasteiger charge is 2.28. The van der Waals surface area contributed by atoms with Crippen LogP contribution >= 0.6 is 23.2 Å². The molecule has 17 heavy (non-hydrogen) atoms. The van der Waals surface area contributed by atoms with Crippen LogP contribution in [0, 0.1) is 0 Å². The Labute approximate surface area is 110 Å². The third kappa shape index (κ3) is 2.97. The smallest absolute Gasteiger partial charge is 0.152 e. The van der Waals surface area contributed by atoms with Gasteiger partial charge >= 0.3 is 0 Å². The molecule has 1 fully saturated rings. The van der Waals surface area contributed by atoms with Crippen molar-refractivity contribution in [3.63, 3.8) is 0 Å². The summed E-state index contributed by atoms with van der Waals surface area (Å²) in [7, 11) is -2.91. The minimum atomic E-state index is -2.91. The molecule has 0 saturated carbocycles. The average Bonchev–Trinajstić information content (AvgIpc) is 2.54. The number of nitrogens with two attached hydrogens (primary N) is 1. The van der Waals surface area contributed by atoms with E-state index in [0.717, 1.165) is 0 Å². The predicted octanol–water partition coefficient (Wildman–Crippen LogP) is 2.17. The second kappa shape index (κ2) is 4.55. The molecule has 0 amide bonds. The Morgan fingerprint density at radius 2 is 1.94 bits per heavy atom. The van der Waals surface area contributed by atoms with E-state index in [9.17, 15) is 8.42 Å². The zero-order valence-electron chi connectivity index (χ0n) is 8.91. The van der Waals surface area contributed by atoms with Crippen molar-refractivity contribution < 1.29 is 8.42 Å². The minimum absolute atomic E-state index is 0.112. The Morgan fingerprint density at radius 1 is 1.29 bits per heavy atom. The molecule has 7 heteroatoms. The first-order valence-corrected chi connectivity index (χ1v) is 7.66. The summed E-state index contributed by atoms with van der Waals surface area (Å²) in [5.74, 6) is 0.346. The number of nitrogen functional groups attached to an aromatic ring is 1. The van der Waals surface area contributed by atoms with Gasteiger partial charge in [-0.25, -0.2) is 8.42 Å². The lowest BCUT2D eigenvalue weighted by Crippen LogP contribution is -2.21. The van der Waals surface area contributed by atoms with Crippen LogP contribution in [0.4, 0.5) is 11.4 Å². The highest BCUT2D eigenvalue weighted by Crippen LogP contribution is 2.31. The molecule has 0 spiro atoms. The van der Waals surface area contributed by atoms with Gasteiger partial charge in [-0.15, -0.1) is 0 Å². The first-order chi connectivity index (χ1) is 7.87. The topological polar surface area (TPSA) is 72.2 Å². The maximum atomic E-state index is 11.3. The summed E-state index contributed by atoms with van der Waals surface area (Å²) in [5, 5.41) is 3.86. The molecule has 1 atom stereocenters. The normalized spacial score (nSPS) is 22.6. The van der Waals surface area contributed by atoms with E-state index >= 15 is 0 Å². The van der Waals surface area contributed by atoms with Crippen LogP contribution in [0.25, 0.3) is 0 Å². The van der Waals surface area contributed by atoms with E-state index in [4.69, 9.17) is 28.9 Å². The summed E-state index contributed by atoms with van der Waals surface area (Å²) in [4.78, 5) is 0. The van der Waals surface area contributed by atoms with Crippen molar-refractivity contribution in [1.29, 1.82) is 0 Å². The van der Waals surface area contributed by atoms with E-state index in [1.54, 1.807) is 12.1 Å². The van der Waals surface area contributed by atoms with E-state index in [1.807, 2.05) is 0 Å². The molecule has 1 heterocycles. The number of anilines is 2. The van der Waals surface area contributed by atoms with Gasteiger partial charge in [0.15, 0.2) is 9.84 Å². The average molecular weight is 295 g/mol. The van der Waals surface area contributed by atoms with Crippen LogP contribution in [0.5, 0.6) is 0 Å². The second-order valence-corrected chi connectivity index (χ2v) is 7.14. The van der Waals surface area contributed by atoms with Crippen molar-refractivity contribution in [2.24, 2.45) is 0 Å². The van der Waals surface area contributed by atoms with Crippen LogP contribution < -0.4 is 11.1 Å². The van der Waals surface area contributed by atoms with Crippen molar-refractivity contribution in [2.75, 3.05) is 22.6 Å². The monoisotopic (exact) mass is 294 g/mol. The molecular formula is C10H12Cl2N2O2S. The van der Waals surface area contributed by atoms with Gasteiger partial charge in [-0.05, 0) is 18.6 Å². The van der Waals surface area contributed by atoms with Crippen molar-refractivity contribution in [3.05, 3.63) is 22.2 Å². The molecule has 1 aromatic carbocycles. The Kier molecular flexibility index (Phi) is 3.43. The molecule has 0 aliphatic carbocycles. The largest absolute Gasteiger partial charge is 0.397 e. The first-order valence-electron chi connectivity index (χ1n) is 5.09. The van der Waals surface area contributed by atoms with Gasteiger partial charge < -0.3 is 11.1 Å². The summed E-state index contributed by atoms with van der Waals surface area (Å²) in [6, 6.07) is 3.05. The molecule has 1 aliphatic rings. The summed E-state index contributed by atoms with van der Waals surface area (Å²) >= 11 is 11.7. The fourth-order valence-corrected chi connectivity index (χ4v) is 3.83. The SMILES string of the molecule is Nc1cc(Cl)c(Cl)cc1NC1CCS(=O)(=O)C1. The molecule has 0 bridgehead atoms. The van der Waals surface area contributed by atoms with Crippen LogP contribution in [0.2, 0.25) is 10.0 Å². The van der Waals surface area contributed by atoms with Gasteiger partial charge in [0.1, 0.15) is 0 Å². The summed E-state index contributed by atoms with van der Waals surface area (Å²) in [5.41, 5.74) is 6.87. The Bertz CT molecular complexity index is 545. The molecule has 0 radical (unpaired) electrons. The highest BCUT2D eigenvalue weighted by atomic mass is 35.5. The number of nitrogens with one attached hydrogen (secondary N) is 1. The third-order valence-electron chi connectivity index (χ3n) is 2.68. The van der Waals surface area contributed by atoms with Crippen LogP contribution in [0.3, 0.4) is 0 Å². The number of benzene rings is 1. The quantitative estimate of drug-likeness (QED) is 0.820. The molecule has 1 saturated heterocycles. The fourth-order valence-electron chi connectivity index (χ4n) is 1.82. The van der Waals surface area contributed by atoms with E-state index in [2.05, 4.69) is 5.32 Å². The van der Waals surface area contributed by atoms with Crippen molar-refractivity contribution in [1.82, 2.24) is 0 Å². The second-order valence-electron chi connectivity index (χ2n) is 4.10. The summed E-state index contributed by atoms with van der Waals surface area (Å²) in [6.07, 6.45) is 0.585. The standard InChI is InChI=1S/C10H12Cl2N2O2S/c11-7-3-9(13)10(4-8(7)12)14-6-1-2-17(15,16)5-6/h3-4,6,14H,1-2,5,13H2. The molecule has 0 aromatic heterocycles. The van der Waals surface area contributed by atoms with Gasteiger partial charge in [0.05, 0.1) is 32.9 Å². The number of rotatable bonds is 2. The summed E-state index contributed by atoms with van der Waals surface area (Å²) in [6.45, 7) is 0. The van der Waals surface area contributed by atoms with Gasteiger partial charge in [0, 0.05) is 6.04 Å². The number of sulfone groups is 1. The van der Waals surface area contributed by atoms with Crippen molar-refractivity contribution in [3.8, 4) is 0 Å². The van der Waals surface area contributed by atoms with Gasteiger partial charge in [-0.2, -0.15) is 0 Å². The maximum absolute atomic E-state index is 11.3. The molecule has 4 nitrogen and oxygen atoms in total. The Hall–Kier alpha value is -0.650. The van der Waals surface area contributed by atoms with E-state index in [-0.39, 0.29) is 17.5 Å². The van der Waals surface area contributed by atoms with Crippen molar-refractivity contribution in [2.45, 2.75) is 12.5 Å². The Balaban J connectivity index is 2.17. The van der Waals surface area contributed by atoms with E-state index < -0.39 is 9.84 Å². The number of hydrogen-bond acceptors (Lipinski definition) is 4. The number of halogens is 2. The summed E-state index contributed by atoms with van der Waals surface area (Å²) < 4.78 is 22.6. The first kappa shape index (κ1) is 12.8. The van der Waals surface area contributed by atoms with Gasteiger partial charge in [0.2, 0.25) is 0 Å². The zero-order chi connectivity index (χ0) is 12.6.